The lowest BCUT2D eigenvalue weighted by atomic mass is 9.92. The van der Waals surface area contributed by atoms with Gasteiger partial charge in [-0.2, -0.15) is 0 Å². The van der Waals surface area contributed by atoms with Crippen LogP contribution in [0.1, 0.15) is 55.5 Å². The molecule has 0 radical (unpaired) electrons. The maximum absolute atomic E-state index is 3.77. The molecule has 17 heavy (non-hydrogen) atoms. The molecule has 0 saturated heterocycles. The highest BCUT2D eigenvalue weighted by molar-refractivity contribution is 9.11. The summed E-state index contributed by atoms with van der Waals surface area (Å²) in [6.07, 6.45) is 6.84. The number of rotatable bonds is 5. The number of hydrogen-bond acceptors (Lipinski definition) is 2. The second kappa shape index (κ2) is 6.35. The van der Waals surface area contributed by atoms with Gasteiger partial charge in [0.25, 0.3) is 0 Å². The Labute approximate surface area is 117 Å². The molecule has 1 aromatic rings. The van der Waals surface area contributed by atoms with Crippen LogP contribution in [0.25, 0.3) is 0 Å². The van der Waals surface area contributed by atoms with E-state index in [2.05, 4.69) is 41.2 Å². The molecule has 96 valence electrons. The van der Waals surface area contributed by atoms with Gasteiger partial charge in [0.05, 0.1) is 3.79 Å². The summed E-state index contributed by atoms with van der Waals surface area (Å²) >= 11 is 5.49. The van der Waals surface area contributed by atoms with Crippen LogP contribution >= 0.6 is 27.3 Å². The maximum atomic E-state index is 3.77. The first-order valence-electron chi connectivity index (χ1n) is 6.71. The fraction of sp³-hybridized carbons (Fsp3) is 0.714. The number of hydrogen-bond donors (Lipinski definition) is 1. The first-order chi connectivity index (χ1) is 8.22. The fourth-order valence-electron chi connectivity index (χ4n) is 2.89. The number of thiophene rings is 1. The lowest BCUT2D eigenvalue weighted by Gasteiger charge is -2.25. The van der Waals surface area contributed by atoms with Gasteiger partial charge < -0.3 is 5.32 Å². The Morgan fingerprint density at radius 3 is 2.71 bits per heavy atom. The first kappa shape index (κ1) is 13.6. The molecule has 1 nitrogen and oxygen atoms in total. The summed E-state index contributed by atoms with van der Waals surface area (Å²) in [6, 6.07) is 2.91. The Morgan fingerprint density at radius 2 is 2.18 bits per heavy atom. The molecule has 1 fully saturated rings. The molecule has 1 aliphatic carbocycles. The normalized spacial score (nSPS) is 18.8. The minimum atomic E-state index is 0.583. The van der Waals surface area contributed by atoms with Crippen LogP contribution in [0.15, 0.2) is 9.85 Å². The van der Waals surface area contributed by atoms with E-state index in [0.717, 1.165) is 12.5 Å². The molecule has 0 aromatic carbocycles. The van der Waals surface area contributed by atoms with Crippen molar-refractivity contribution in [3.05, 3.63) is 20.3 Å². The van der Waals surface area contributed by atoms with E-state index >= 15 is 0 Å². The van der Waals surface area contributed by atoms with Crippen molar-refractivity contribution >= 4 is 27.3 Å². The maximum Gasteiger partial charge on any atom is 0.0704 e. The van der Waals surface area contributed by atoms with Crippen molar-refractivity contribution in [2.75, 3.05) is 6.54 Å². The third-order valence-electron chi connectivity index (χ3n) is 3.75. The van der Waals surface area contributed by atoms with Gasteiger partial charge >= 0.3 is 0 Å². The van der Waals surface area contributed by atoms with E-state index in [1.165, 1.54) is 46.3 Å². The number of halogens is 1. The fourth-order valence-corrected chi connectivity index (χ4v) is 4.65. The molecule has 0 aliphatic heterocycles. The molecule has 1 unspecified atom stereocenters. The SMILES string of the molecule is CCCNC(c1cc(Br)sc1C)C1CCCC1. The molecule has 1 heterocycles. The van der Waals surface area contributed by atoms with E-state index in [4.69, 9.17) is 0 Å². The number of aryl methyl sites for hydroxylation is 1. The molecular formula is C14H22BrNS. The first-order valence-corrected chi connectivity index (χ1v) is 8.32. The Bertz CT molecular complexity index is 355. The average molecular weight is 316 g/mol. The molecule has 0 spiro atoms. The van der Waals surface area contributed by atoms with Gasteiger partial charge in [-0.3, -0.25) is 0 Å². The lowest BCUT2D eigenvalue weighted by Crippen LogP contribution is -2.28. The molecule has 1 aliphatic rings. The summed E-state index contributed by atoms with van der Waals surface area (Å²) < 4.78 is 1.27. The quantitative estimate of drug-likeness (QED) is 0.801. The Morgan fingerprint density at radius 1 is 1.47 bits per heavy atom. The zero-order chi connectivity index (χ0) is 12.3. The zero-order valence-electron chi connectivity index (χ0n) is 10.8. The van der Waals surface area contributed by atoms with E-state index in [9.17, 15) is 0 Å². The smallest absolute Gasteiger partial charge is 0.0704 e. The summed E-state index contributed by atoms with van der Waals surface area (Å²) in [5.74, 6) is 0.849. The van der Waals surface area contributed by atoms with Crippen molar-refractivity contribution in [3.63, 3.8) is 0 Å². The molecule has 2 rings (SSSR count). The highest BCUT2D eigenvalue weighted by atomic mass is 79.9. The Kier molecular flexibility index (Phi) is 5.07. The minimum Gasteiger partial charge on any atom is -0.310 e. The predicted octanol–water partition coefficient (Wildman–Crippen LogP) is 5.05. The molecule has 0 bridgehead atoms. The zero-order valence-corrected chi connectivity index (χ0v) is 13.2. The van der Waals surface area contributed by atoms with Crippen LogP contribution in [-0.2, 0) is 0 Å². The average Bonchev–Trinajstić information content (AvgIpc) is 2.90. The van der Waals surface area contributed by atoms with Crippen molar-refractivity contribution in [3.8, 4) is 0 Å². The minimum absolute atomic E-state index is 0.583. The Hall–Kier alpha value is 0.140. The van der Waals surface area contributed by atoms with Crippen LogP contribution in [0.5, 0.6) is 0 Å². The van der Waals surface area contributed by atoms with Crippen molar-refractivity contribution in [1.29, 1.82) is 0 Å². The van der Waals surface area contributed by atoms with Gasteiger partial charge in [0, 0.05) is 10.9 Å². The highest BCUT2D eigenvalue weighted by Gasteiger charge is 2.27. The van der Waals surface area contributed by atoms with Gasteiger partial charge in [-0.1, -0.05) is 19.8 Å². The Balaban J connectivity index is 2.16. The van der Waals surface area contributed by atoms with Crippen molar-refractivity contribution < 1.29 is 0 Å². The standard InChI is InChI=1S/C14H22BrNS/c1-3-8-16-14(11-6-4-5-7-11)12-9-13(15)17-10(12)2/h9,11,14,16H,3-8H2,1-2H3. The highest BCUT2D eigenvalue weighted by Crippen LogP contribution is 2.40. The van der Waals surface area contributed by atoms with E-state index in [-0.39, 0.29) is 0 Å². The topological polar surface area (TPSA) is 12.0 Å². The molecule has 3 heteroatoms. The van der Waals surface area contributed by atoms with Crippen LogP contribution < -0.4 is 5.32 Å². The monoisotopic (exact) mass is 315 g/mol. The van der Waals surface area contributed by atoms with Gasteiger partial charge in [-0.05, 0) is 66.2 Å². The molecule has 1 atom stereocenters. The van der Waals surface area contributed by atoms with Crippen LogP contribution in [0.3, 0.4) is 0 Å². The van der Waals surface area contributed by atoms with Crippen molar-refractivity contribution in [2.24, 2.45) is 5.92 Å². The van der Waals surface area contributed by atoms with Gasteiger partial charge in [-0.15, -0.1) is 11.3 Å². The van der Waals surface area contributed by atoms with Gasteiger partial charge in [0.1, 0.15) is 0 Å². The predicted molar refractivity (Wildman–Crippen MR) is 79.7 cm³/mol. The van der Waals surface area contributed by atoms with Crippen LogP contribution in [-0.4, -0.2) is 6.54 Å². The third kappa shape index (κ3) is 3.33. The molecule has 1 saturated carbocycles. The molecule has 1 aromatic heterocycles. The summed E-state index contributed by atoms with van der Waals surface area (Å²) in [5.41, 5.74) is 1.53. The van der Waals surface area contributed by atoms with Crippen molar-refractivity contribution in [1.82, 2.24) is 5.32 Å². The molecule has 1 N–H and O–H groups in total. The van der Waals surface area contributed by atoms with Gasteiger partial charge in [0.2, 0.25) is 0 Å². The second-order valence-corrected chi connectivity index (χ2v) is 7.67. The largest absolute Gasteiger partial charge is 0.310 e. The van der Waals surface area contributed by atoms with Crippen LogP contribution in [0.2, 0.25) is 0 Å². The van der Waals surface area contributed by atoms with E-state index in [0.29, 0.717) is 6.04 Å². The van der Waals surface area contributed by atoms with Crippen LogP contribution in [0.4, 0.5) is 0 Å². The third-order valence-corrected chi connectivity index (χ3v) is 5.32. The van der Waals surface area contributed by atoms with E-state index < -0.39 is 0 Å². The second-order valence-electron chi connectivity index (χ2n) is 5.04. The van der Waals surface area contributed by atoms with Crippen LogP contribution in [0, 0.1) is 12.8 Å². The summed E-state index contributed by atoms with van der Waals surface area (Å²) in [5, 5.41) is 3.77. The van der Waals surface area contributed by atoms with Crippen molar-refractivity contribution in [2.45, 2.75) is 52.0 Å². The summed E-state index contributed by atoms with van der Waals surface area (Å²) in [4.78, 5) is 1.47. The molecule has 0 amide bonds. The van der Waals surface area contributed by atoms with E-state index in [1.54, 1.807) is 0 Å². The van der Waals surface area contributed by atoms with E-state index in [1.807, 2.05) is 11.3 Å². The lowest BCUT2D eigenvalue weighted by molar-refractivity contribution is 0.368. The summed E-state index contributed by atoms with van der Waals surface area (Å²) in [6.45, 7) is 5.63. The number of nitrogens with one attached hydrogen (secondary N) is 1. The summed E-state index contributed by atoms with van der Waals surface area (Å²) in [7, 11) is 0. The van der Waals surface area contributed by atoms with Gasteiger partial charge in [0.15, 0.2) is 0 Å². The van der Waals surface area contributed by atoms with Gasteiger partial charge in [-0.25, -0.2) is 0 Å². The molecular weight excluding hydrogens is 294 g/mol.